The maximum Gasteiger partial charge on any atom is 0.297 e. The van der Waals surface area contributed by atoms with Crippen LogP contribution in [0.25, 0.3) is 0 Å². The van der Waals surface area contributed by atoms with Gasteiger partial charge in [-0.3, -0.25) is 11.2 Å². The Hall–Kier alpha value is 2.70. The van der Waals surface area contributed by atoms with Crippen molar-refractivity contribution in [2.45, 2.75) is 130 Å². The summed E-state index contributed by atoms with van der Waals surface area (Å²) >= 11 is 0. The second kappa shape index (κ2) is 51.4. The SMILES string of the molecule is C.C.C.CC1[CH-]C(C)C(C)[CH-]O1.CC1[CH-]OC(C(=O)O)[CH-]C1C.CCC.CCC.CCC.[CH3-].[CH3-].[Y].[Y].[Y]. The normalized spacial score (nSPS) is 23.9. The van der Waals surface area contributed by atoms with Gasteiger partial charge in [0.2, 0.25) is 0 Å². The average Bonchev–Trinajstić information content (AvgIpc) is 2.63. The van der Waals surface area contributed by atoms with Crippen LogP contribution in [0.3, 0.4) is 0 Å². The maximum atomic E-state index is 10.4. The first kappa shape index (κ1) is 72.2. The molecule has 6 unspecified atom stereocenters. The first-order valence-corrected chi connectivity index (χ1v) is 11.5. The van der Waals surface area contributed by atoms with E-state index in [1.807, 2.05) is 20.5 Å². The van der Waals surface area contributed by atoms with Crippen molar-refractivity contribution in [3.8, 4) is 0 Å². The minimum absolute atomic E-state index is 0. The third-order valence-electron chi connectivity index (χ3n) is 3.90. The van der Waals surface area contributed by atoms with Crippen molar-refractivity contribution in [2.75, 3.05) is 0 Å². The predicted octanol–water partition coefficient (Wildman–Crippen LogP) is 10.2. The summed E-state index contributed by atoms with van der Waals surface area (Å²) in [6.45, 7) is 26.7. The molecule has 2 rings (SSSR count). The van der Waals surface area contributed by atoms with Crippen molar-refractivity contribution in [1.82, 2.24) is 0 Å². The van der Waals surface area contributed by atoms with Crippen molar-refractivity contribution in [1.29, 1.82) is 0 Å². The van der Waals surface area contributed by atoms with Gasteiger partial charge >= 0.3 is 0 Å². The van der Waals surface area contributed by atoms with Gasteiger partial charge in [-0.05, 0) is 6.10 Å². The molecule has 4 nitrogen and oxygen atoms in total. The van der Waals surface area contributed by atoms with E-state index in [0.29, 0.717) is 23.9 Å². The Balaban J connectivity index is -0.0000000266. The molecule has 1 N–H and O–H groups in total. The van der Waals surface area contributed by atoms with Crippen LogP contribution in [-0.4, -0.2) is 23.3 Å². The summed E-state index contributed by atoms with van der Waals surface area (Å²) in [5.74, 6) is 0.936. The number of aliphatic carboxylic acids is 1. The van der Waals surface area contributed by atoms with E-state index in [4.69, 9.17) is 14.6 Å². The number of hydrogen-bond donors (Lipinski definition) is 1. The average molecular weight is 760 g/mol. The molecular weight excluding hydrogens is 691 g/mol. The van der Waals surface area contributed by atoms with Crippen LogP contribution in [0.2, 0.25) is 0 Å². The molecule has 2 fully saturated rings. The molecular formula is C30H68O4Y3-6. The maximum absolute atomic E-state index is 10.4. The summed E-state index contributed by atoms with van der Waals surface area (Å²) in [6, 6.07) is 0. The molecule has 0 saturated carbocycles. The molecule has 0 bridgehead atoms. The van der Waals surface area contributed by atoms with E-state index in [1.54, 1.807) is 13.0 Å². The van der Waals surface area contributed by atoms with E-state index >= 15 is 0 Å². The number of carbonyl (C=O) groups is 1. The standard InChI is InChI=1S/C8H12O3.C8H14O.3C3H8.3CH4.2CH3.3Y/c1-5-3-7(8(9)10)11-4-6(5)2;1-6-4-8(3)9-5-7(6)2;3*1-3-2;;;;;;;;/h3-7H,1-2H3,(H,9,10);4-8H,1-3H3;3*3H2,1-2H3;3*1H4;2*1H3;;;/q2*-2;;;;;;;2*-1;;;. The molecule has 0 aromatic carbocycles. The Kier molecular flexibility index (Phi) is 100. The molecule has 227 valence electrons. The van der Waals surface area contributed by atoms with Gasteiger partial charge < -0.3 is 35.9 Å². The van der Waals surface area contributed by atoms with E-state index in [1.165, 1.54) is 19.3 Å². The van der Waals surface area contributed by atoms with Gasteiger partial charge in [0.25, 0.3) is 5.97 Å². The van der Waals surface area contributed by atoms with E-state index in [9.17, 15) is 4.79 Å². The molecule has 2 heterocycles. The smallest absolute Gasteiger partial charge is 0.297 e. The van der Waals surface area contributed by atoms with Gasteiger partial charge in [-0.15, -0.1) is 6.10 Å². The summed E-state index contributed by atoms with van der Waals surface area (Å²) in [4.78, 5) is 10.4. The molecule has 0 aliphatic carbocycles. The minimum Gasteiger partial charge on any atom is -0.574 e. The topological polar surface area (TPSA) is 55.8 Å². The van der Waals surface area contributed by atoms with Crippen LogP contribution in [0.5, 0.6) is 0 Å². The minimum atomic E-state index is -0.917. The molecule has 6 atom stereocenters. The first-order chi connectivity index (χ1) is 13.6. The van der Waals surface area contributed by atoms with Crippen LogP contribution in [0, 0.1) is 64.6 Å². The fourth-order valence-electron chi connectivity index (χ4n) is 1.99. The van der Waals surface area contributed by atoms with Crippen molar-refractivity contribution in [3.05, 3.63) is 40.9 Å². The summed E-state index contributed by atoms with van der Waals surface area (Å²) in [5.41, 5.74) is 0. The Morgan fingerprint density at radius 2 is 0.892 bits per heavy atom. The molecule has 0 aromatic heterocycles. The van der Waals surface area contributed by atoms with E-state index in [2.05, 4.69) is 68.7 Å². The molecule has 0 spiro atoms. The second-order valence-electron chi connectivity index (χ2n) is 7.95. The van der Waals surface area contributed by atoms with E-state index < -0.39 is 12.1 Å². The first-order valence-electron chi connectivity index (χ1n) is 11.5. The second-order valence-corrected chi connectivity index (χ2v) is 7.95. The number of hydrogen-bond acceptors (Lipinski definition) is 3. The molecule has 0 amide bonds. The van der Waals surface area contributed by atoms with Gasteiger partial charge in [0.15, 0.2) is 0 Å². The van der Waals surface area contributed by atoms with Crippen molar-refractivity contribution < 1.29 is 118 Å². The molecule has 37 heavy (non-hydrogen) atoms. The molecule has 2 aliphatic rings. The summed E-state index contributed by atoms with van der Waals surface area (Å²) in [7, 11) is 0. The third-order valence-corrected chi connectivity index (χ3v) is 3.90. The van der Waals surface area contributed by atoms with Crippen molar-refractivity contribution in [2.24, 2.45) is 23.7 Å². The molecule has 2 aliphatic heterocycles. The number of carboxylic acid groups (broad SMARTS) is 1. The zero-order valence-electron chi connectivity index (χ0n) is 24.8. The van der Waals surface area contributed by atoms with Crippen LogP contribution in [0.15, 0.2) is 0 Å². The molecule has 7 heteroatoms. The largest absolute Gasteiger partial charge is 0.574 e. The van der Waals surface area contributed by atoms with Crippen molar-refractivity contribution in [3.63, 3.8) is 0 Å². The van der Waals surface area contributed by atoms with Crippen LogP contribution < -0.4 is 0 Å². The number of rotatable bonds is 1. The Morgan fingerprint density at radius 1 is 0.622 bits per heavy atom. The zero-order chi connectivity index (χ0) is 23.4. The van der Waals surface area contributed by atoms with Crippen LogP contribution in [0.1, 0.15) is 118 Å². The quantitative estimate of drug-likeness (QED) is 0.271. The summed E-state index contributed by atoms with van der Waals surface area (Å²) in [5, 5.41) is 8.57. The molecule has 0 aromatic rings. The fraction of sp³-hybridized carbons (Fsp3) is 0.767. The molecule has 3 radical (unpaired) electrons. The van der Waals surface area contributed by atoms with Gasteiger partial charge in [-0.1, -0.05) is 118 Å². The fourth-order valence-corrected chi connectivity index (χ4v) is 1.99. The Bertz CT molecular complexity index is 357. The Morgan fingerprint density at radius 3 is 1.11 bits per heavy atom. The van der Waals surface area contributed by atoms with Gasteiger partial charge in [0, 0.05) is 98.1 Å². The van der Waals surface area contributed by atoms with E-state index in [-0.39, 0.29) is 141 Å². The van der Waals surface area contributed by atoms with Gasteiger partial charge in [-0.2, -0.15) is 23.7 Å². The zero-order valence-corrected chi connectivity index (χ0v) is 33.3. The predicted molar refractivity (Wildman–Crippen MR) is 158 cm³/mol. The van der Waals surface area contributed by atoms with Crippen LogP contribution in [0.4, 0.5) is 0 Å². The van der Waals surface area contributed by atoms with E-state index in [0.717, 1.165) is 0 Å². The van der Waals surface area contributed by atoms with Gasteiger partial charge in [0.1, 0.15) is 0 Å². The van der Waals surface area contributed by atoms with Crippen LogP contribution in [-0.2, 0) is 112 Å². The van der Waals surface area contributed by atoms with Crippen molar-refractivity contribution >= 4 is 5.97 Å². The monoisotopic (exact) mass is 759 g/mol. The number of carboxylic acids is 1. The molecule has 2 saturated heterocycles. The van der Waals surface area contributed by atoms with Gasteiger partial charge in [-0.25, -0.2) is 13.2 Å². The van der Waals surface area contributed by atoms with Gasteiger partial charge in [0.05, 0.1) is 0 Å². The number of ether oxygens (including phenoxy) is 2. The summed E-state index contributed by atoms with van der Waals surface area (Å²) in [6.07, 6.45) is 7.27. The third kappa shape index (κ3) is 48.7. The Labute approximate surface area is 314 Å². The van der Waals surface area contributed by atoms with Crippen LogP contribution >= 0.6 is 0 Å². The summed E-state index contributed by atoms with van der Waals surface area (Å²) < 4.78 is 10.2.